The smallest absolute Gasteiger partial charge is 0.337 e. The van der Waals surface area contributed by atoms with Gasteiger partial charge >= 0.3 is 5.91 Å². The second-order valence-electron chi connectivity index (χ2n) is 5.72. The largest absolute Gasteiger partial charge is 0.396 e. The first-order chi connectivity index (χ1) is 12.0. The second-order valence-corrected chi connectivity index (χ2v) is 6.85. The summed E-state index contributed by atoms with van der Waals surface area (Å²) in [6.07, 6.45) is 3.90. The van der Waals surface area contributed by atoms with Gasteiger partial charge in [0.05, 0.1) is 11.4 Å². The van der Waals surface area contributed by atoms with Crippen molar-refractivity contribution in [2.24, 2.45) is 5.10 Å². The summed E-state index contributed by atoms with van der Waals surface area (Å²) < 4.78 is 0. The molecule has 0 bridgehead atoms. The number of aromatic amines is 1. The number of fused-ring (bicyclic) bond motifs is 1. The SMILES string of the molecule is Nc1c(Cl)c(Cl)[nH+]c(C(=O)N/N=C2\CCCCc3ccccc32)c1Cl. The lowest BCUT2D eigenvalue weighted by Crippen LogP contribution is -2.29. The van der Waals surface area contributed by atoms with E-state index in [-0.39, 0.29) is 26.6 Å². The summed E-state index contributed by atoms with van der Waals surface area (Å²) in [4.78, 5) is 15.1. The molecule has 3 rings (SSSR count). The van der Waals surface area contributed by atoms with Crippen molar-refractivity contribution < 1.29 is 9.78 Å². The van der Waals surface area contributed by atoms with Crippen molar-refractivity contribution in [1.29, 1.82) is 0 Å². The van der Waals surface area contributed by atoms with Crippen LogP contribution in [-0.4, -0.2) is 11.6 Å². The number of amides is 1. The number of aryl methyl sites for hydroxylation is 1. The average Bonchev–Trinajstić information content (AvgIpc) is 2.83. The number of rotatable bonds is 2. The number of halogens is 3. The number of aromatic nitrogens is 1. The van der Waals surface area contributed by atoms with Gasteiger partial charge in [-0.25, -0.2) is 5.43 Å². The minimum atomic E-state index is -0.538. The molecule has 8 heteroatoms. The summed E-state index contributed by atoms with van der Waals surface area (Å²) in [5, 5.41) is 4.43. The molecule has 25 heavy (non-hydrogen) atoms. The molecule has 0 atom stereocenters. The number of nitrogen functional groups attached to an aromatic ring is 1. The molecule has 0 spiro atoms. The molecule has 1 aliphatic rings. The van der Waals surface area contributed by atoms with Crippen LogP contribution in [0.15, 0.2) is 29.4 Å². The van der Waals surface area contributed by atoms with Crippen LogP contribution in [-0.2, 0) is 6.42 Å². The van der Waals surface area contributed by atoms with Gasteiger partial charge in [-0.05, 0) is 42.8 Å². The van der Waals surface area contributed by atoms with Crippen molar-refractivity contribution in [3.05, 3.63) is 56.3 Å². The molecule has 0 aliphatic heterocycles. The number of benzene rings is 1. The molecule has 5 nitrogen and oxygen atoms in total. The number of hydrazone groups is 1. The molecule has 0 saturated heterocycles. The quantitative estimate of drug-likeness (QED) is 0.457. The van der Waals surface area contributed by atoms with E-state index in [1.54, 1.807) is 0 Å². The highest BCUT2D eigenvalue weighted by atomic mass is 35.5. The van der Waals surface area contributed by atoms with Gasteiger partial charge in [0.25, 0.3) is 10.8 Å². The third kappa shape index (κ3) is 3.73. The molecule has 0 unspecified atom stereocenters. The number of hydrogen-bond donors (Lipinski definition) is 2. The summed E-state index contributed by atoms with van der Waals surface area (Å²) in [5.74, 6) is -0.538. The number of carbonyl (C=O) groups is 1. The maximum Gasteiger partial charge on any atom is 0.337 e. The fourth-order valence-electron chi connectivity index (χ4n) is 2.78. The Kier molecular flexibility index (Phi) is 5.47. The maximum absolute atomic E-state index is 12.4. The van der Waals surface area contributed by atoms with Gasteiger partial charge in [0.2, 0.25) is 0 Å². The van der Waals surface area contributed by atoms with Crippen LogP contribution in [0.4, 0.5) is 5.69 Å². The Morgan fingerprint density at radius 1 is 1.12 bits per heavy atom. The molecule has 2 aromatic rings. The summed E-state index contributed by atoms with van der Waals surface area (Å²) in [6, 6.07) is 8.07. The molecule has 1 heterocycles. The summed E-state index contributed by atoms with van der Waals surface area (Å²) in [5.41, 5.74) is 11.5. The van der Waals surface area contributed by atoms with E-state index in [2.05, 4.69) is 21.6 Å². The third-order valence-electron chi connectivity index (χ3n) is 4.08. The number of carbonyl (C=O) groups excluding carboxylic acids is 1. The molecule has 0 saturated carbocycles. The number of hydrogen-bond acceptors (Lipinski definition) is 3. The predicted molar refractivity (Wildman–Crippen MR) is 100 cm³/mol. The summed E-state index contributed by atoms with van der Waals surface area (Å²) in [6.45, 7) is 0. The lowest BCUT2D eigenvalue weighted by molar-refractivity contribution is -0.379. The van der Waals surface area contributed by atoms with E-state index < -0.39 is 5.91 Å². The molecule has 0 radical (unpaired) electrons. The van der Waals surface area contributed by atoms with Crippen molar-refractivity contribution in [3.8, 4) is 0 Å². The Labute approximate surface area is 160 Å². The zero-order chi connectivity index (χ0) is 18.0. The molecular formula is C17H16Cl3N4O+. The number of pyridine rings is 1. The van der Waals surface area contributed by atoms with Crippen molar-refractivity contribution >= 4 is 52.1 Å². The van der Waals surface area contributed by atoms with Gasteiger partial charge in [-0.2, -0.15) is 10.1 Å². The van der Waals surface area contributed by atoms with Crippen molar-refractivity contribution in [3.63, 3.8) is 0 Å². The third-order valence-corrected chi connectivity index (χ3v) is 5.24. The van der Waals surface area contributed by atoms with Gasteiger partial charge < -0.3 is 5.73 Å². The lowest BCUT2D eigenvalue weighted by Gasteiger charge is -2.08. The van der Waals surface area contributed by atoms with Gasteiger partial charge in [-0.15, -0.1) is 0 Å². The first-order valence-corrected chi connectivity index (χ1v) is 8.93. The first-order valence-electron chi connectivity index (χ1n) is 7.79. The Balaban J connectivity index is 1.89. The van der Waals surface area contributed by atoms with Crippen molar-refractivity contribution in [2.45, 2.75) is 25.7 Å². The molecular weight excluding hydrogens is 383 g/mol. The van der Waals surface area contributed by atoms with Crippen LogP contribution >= 0.6 is 34.8 Å². The second kappa shape index (κ2) is 7.60. The number of H-pyrrole nitrogens is 1. The molecule has 1 aromatic carbocycles. The highest BCUT2D eigenvalue weighted by molar-refractivity contribution is 6.45. The highest BCUT2D eigenvalue weighted by Crippen LogP contribution is 2.32. The zero-order valence-corrected chi connectivity index (χ0v) is 15.5. The topological polar surface area (TPSA) is 81.6 Å². The average molecular weight is 399 g/mol. The molecule has 1 aliphatic carbocycles. The monoisotopic (exact) mass is 397 g/mol. The fourth-order valence-corrected chi connectivity index (χ4v) is 3.39. The van der Waals surface area contributed by atoms with Gasteiger partial charge in [0.15, 0.2) is 0 Å². The van der Waals surface area contributed by atoms with Crippen LogP contribution in [0.1, 0.15) is 40.9 Å². The van der Waals surface area contributed by atoms with Gasteiger partial charge in [-0.3, -0.25) is 4.79 Å². The van der Waals surface area contributed by atoms with Crippen LogP contribution in [0.3, 0.4) is 0 Å². The van der Waals surface area contributed by atoms with Crippen LogP contribution in [0.2, 0.25) is 15.2 Å². The van der Waals surface area contributed by atoms with E-state index in [1.165, 1.54) is 5.56 Å². The van der Waals surface area contributed by atoms with E-state index in [0.29, 0.717) is 0 Å². The molecule has 130 valence electrons. The Morgan fingerprint density at radius 2 is 1.84 bits per heavy atom. The molecule has 1 amide bonds. The number of nitrogens with two attached hydrogens (primary N) is 1. The van der Waals surface area contributed by atoms with E-state index in [1.807, 2.05) is 18.2 Å². The van der Waals surface area contributed by atoms with Gasteiger partial charge in [0, 0.05) is 5.56 Å². The van der Waals surface area contributed by atoms with Crippen molar-refractivity contribution in [2.75, 3.05) is 5.73 Å². The Morgan fingerprint density at radius 3 is 2.64 bits per heavy atom. The van der Waals surface area contributed by atoms with E-state index in [0.717, 1.165) is 37.0 Å². The Bertz CT molecular complexity index is 867. The molecule has 4 N–H and O–H groups in total. The minimum absolute atomic E-state index is 0.00775. The fraction of sp³-hybridized carbons (Fsp3) is 0.235. The highest BCUT2D eigenvalue weighted by Gasteiger charge is 2.26. The Hall–Kier alpha value is -1.82. The normalized spacial score (nSPS) is 15.6. The molecule has 1 aromatic heterocycles. The van der Waals surface area contributed by atoms with Gasteiger partial charge in [0.1, 0.15) is 10.0 Å². The lowest BCUT2D eigenvalue weighted by atomic mass is 10.0. The maximum atomic E-state index is 12.4. The zero-order valence-electron chi connectivity index (χ0n) is 13.2. The van der Waals surface area contributed by atoms with E-state index >= 15 is 0 Å². The summed E-state index contributed by atoms with van der Waals surface area (Å²) >= 11 is 17.9. The minimum Gasteiger partial charge on any atom is -0.396 e. The number of nitrogens with one attached hydrogen (secondary N) is 2. The number of nitrogens with zero attached hydrogens (tertiary/aromatic N) is 1. The molecule has 0 fully saturated rings. The van der Waals surface area contributed by atoms with Crippen LogP contribution in [0.25, 0.3) is 0 Å². The van der Waals surface area contributed by atoms with E-state index in [9.17, 15) is 4.79 Å². The predicted octanol–water partition coefficient (Wildman–Crippen LogP) is 3.90. The van der Waals surface area contributed by atoms with Crippen LogP contribution in [0, 0.1) is 0 Å². The summed E-state index contributed by atoms with van der Waals surface area (Å²) in [7, 11) is 0. The van der Waals surface area contributed by atoms with E-state index in [4.69, 9.17) is 40.5 Å². The number of anilines is 1. The van der Waals surface area contributed by atoms with Crippen LogP contribution in [0.5, 0.6) is 0 Å². The van der Waals surface area contributed by atoms with Gasteiger partial charge in [-0.1, -0.05) is 47.5 Å². The van der Waals surface area contributed by atoms with Crippen molar-refractivity contribution in [1.82, 2.24) is 5.43 Å². The standard InChI is InChI=1S/C17H15Cl3N4O/c18-12-14(21)13(19)16(20)22-15(12)17(25)24-23-11-8-4-2-6-9-5-1-3-7-10(9)11/h1,3,5,7H,2,4,6,8H2,(H2,21,22)(H,24,25)/p+1/b23-11+. The first kappa shape index (κ1) is 18.0. The van der Waals surface area contributed by atoms with Crippen LogP contribution < -0.4 is 16.1 Å².